The summed E-state index contributed by atoms with van der Waals surface area (Å²) in [6.07, 6.45) is 0. The molecule has 0 aromatic heterocycles. The van der Waals surface area contributed by atoms with Gasteiger partial charge in [0.2, 0.25) is 0 Å². The van der Waals surface area contributed by atoms with E-state index in [0.29, 0.717) is 29.1 Å². The highest BCUT2D eigenvalue weighted by molar-refractivity contribution is 5.95. The average Bonchev–Trinajstić information content (AvgIpc) is 2.68. The van der Waals surface area contributed by atoms with E-state index >= 15 is 0 Å². The Bertz CT molecular complexity index is 741. The van der Waals surface area contributed by atoms with Crippen LogP contribution in [0.2, 0.25) is 0 Å². The van der Waals surface area contributed by atoms with Crippen LogP contribution in [0.5, 0.6) is 5.75 Å². The highest BCUT2D eigenvalue weighted by atomic mass is 16.5. The lowest BCUT2D eigenvalue weighted by Gasteiger charge is -2.35. The van der Waals surface area contributed by atoms with Gasteiger partial charge in [0.1, 0.15) is 5.75 Å². The number of nitrogens with zero attached hydrogens (tertiary/aromatic N) is 2. The quantitative estimate of drug-likeness (QED) is 0.739. The largest absolute Gasteiger partial charge is 0.496 e. The van der Waals surface area contributed by atoms with Crippen molar-refractivity contribution >= 4 is 12.0 Å². The van der Waals surface area contributed by atoms with Crippen LogP contribution in [-0.2, 0) is 9.53 Å². The number of methoxy groups -OCH3 is 2. The van der Waals surface area contributed by atoms with Crippen LogP contribution in [0.15, 0.2) is 35.5 Å². The highest BCUT2D eigenvalue weighted by Gasteiger charge is 2.35. The molecule has 3 rings (SSSR count). The third kappa shape index (κ3) is 4.23. The molecule has 0 saturated carbocycles. The van der Waals surface area contributed by atoms with Crippen molar-refractivity contribution in [3.63, 3.8) is 0 Å². The van der Waals surface area contributed by atoms with Gasteiger partial charge >= 0.3 is 12.0 Å². The molecule has 1 aromatic carbocycles. The summed E-state index contributed by atoms with van der Waals surface area (Å²) in [5.74, 6) is 0.132. The molecule has 1 aromatic rings. The van der Waals surface area contributed by atoms with E-state index in [9.17, 15) is 9.59 Å². The van der Waals surface area contributed by atoms with Crippen molar-refractivity contribution in [1.82, 2.24) is 20.4 Å². The Balaban J connectivity index is 1.98. The maximum absolute atomic E-state index is 12.6. The average molecular weight is 374 g/mol. The summed E-state index contributed by atoms with van der Waals surface area (Å²) in [5.41, 5.74) is 1.69. The van der Waals surface area contributed by atoms with E-state index in [1.54, 1.807) is 13.2 Å². The van der Waals surface area contributed by atoms with Gasteiger partial charge in [0.05, 0.1) is 25.8 Å². The van der Waals surface area contributed by atoms with E-state index in [1.165, 1.54) is 7.11 Å². The Labute approximate surface area is 159 Å². The number of carbonyl (C=O) groups excluding carboxylic acids is 2. The van der Waals surface area contributed by atoms with E-state index in [4.69, 9.17) is 9.47 Å². The first-order chi connectivity index (χ1) is 13.0. The maximum Gasteiger partial charge on any atom is 0.338 e. The molecule has 8 nitrogen and oxygen atoms in total. The summed E-state index contributed by atoms with van der Waals surface area (Å²) in [6.45, 7) is 4.12. The molecule has 2 aliphatic rings. The SMILES string of the molecule is COC(=O)C1=C(CN2CCN(C)CC2)NC(=O)NC1c1ccccc1OC. The number of likely N-dealkylation sites (N-methyl/N-ethyl adjacent to an activating group) is 1. The number of para-hydroxylation sites is 1. The minimum Gasteiger partial charge on any atom is -0.496 e. The smallest absolute Gasteiger partial charge is 0.338 e. The van der Waals surface area contributed by atoms with Crippen molar-refractivity contribution < 1.29 is 19.1 Å². The second-order valence-electron chi connectivity index (χ2n) is 6.74. The minimum absolute atomic E-state index is 0.345. The molecule has 1 unspecified atom stereocenters. The van der Waals surface area contributed by atoms with Crippen LogP contribution in [-0.4, -0.2) is 75.8 Å². The van der Waals surface area contributed by atoms with Crippen molar-refractivity contribution in [2.24, 2.45) is 0 Å². The summed E-state index contributed by atoms with van der Waals surface area (Å²) < 4.78 is 10.5. The topological polar surface area (TPSA) is 83.1 Å². The van der Waals surface area contributed by atoms with E-state index in [-0.39, 0.29) is 6.03 Å². The number of carbonyl (C=O) groups is 2. The standard InChI is InChI=1S/C19H26N4O4/c1-22-8-10-23(11-9-22)12-14-16(18(24)27-3)17(21-19(25)20-14)13-6-4-5-7-15(13)26-2/h4-7,17H,8-12H2,1-3H3,(H2,20,21,25). The fraction of sp³-hybridized carbons (Fsp3) is 0.474. The number of urea groups is 1. The number of hydrogen-bond acceptors (Lipinski definition) is 6. The summed E-state index contributed by atoms with van der Waals surface area (Å²) in [5, 5.41) is 5.64. The Morgan fingerprint density at radius 3 is 2.56 bits per heavy atom. The summed E-state index contributed by atoms with van der Waals surface area (Å²) in [4.78, 5) is 29.4. The second-order valence-corrected chi connectivity index (χ2v) is 6.74. The molecule has 2 heterocycles. The molecule has 1 fully saturated rings. The van der Waals surface area contributed by atoms with E-state index in [0.717, 1.165) is 26.2 Å². The number of rotatable bonds is 5. The number of esters is 1. The van der Waals surface area contributed by atoms with Crippen LogP contribution in [0, 0.1) is 0 Å². The molecular formula is C19H26N4O4. The molecule has 0 aliphatic carbocycles. The van der Waals surface area contributed by atoms with Gasteiger partial charge in [-0.25, -0.2) is 9.59 Å². The van der Waals surface area contributed by atoms with Gasteiger partial charge in [-0.1, -0.05) is 18.2 Å². The first kappa shape index (κ1) is 19.2. The normalized spacial score (nSPS) is 21.4. The zero-order valence-corrected chi connectivity index (χ0v) is 15.9. The molecule has 1 atom stereocenters. The summed E-state index contributed by atoms with van der Waals surface area (Å²) in [6, 6.07) is 6.36. The number of amides is 2. The van der Waals surface area contributed by atoms with Crippen LogP contribution in [0.4, 0.5) is 4.79 Å². The number of benzene rings is 1. The molecule has 27 heavy (non-hydrogen) atoms. The second kappa shape index (κ2) is 8.41. The molecule has 0 radical (unpaired) electrons. The van der Waals surface area contributed by atoms with Crippen molar-refractivity contribution in [2.45, 2.75) is 6.04 Å². The van der Waals surface area contributed by atoms with Gasteiger partial charge in [-0.15, -0.1) is 0 Å². The van der Waals surface area contributed by atoms with E-state index in [2.05, 4.69) is 27.5 Å². The van der Waals surface area contributed by atoms with Gasteiger partial charge in [0.25, 0.3) is 0 Å². The zero-order valence-electron chi connectivity index (χ0n) is 15.9. The third-order valence-corrected chi connectivity index (χ3v) is 4.99. The highest BCUT2D eigenvalue weighted by Crippen LogP contribution is 2.33. The minimum atomic E-state index is -0.634. The number of hydrogen-bond donors (Lipinski definition) is 2. The van der Waals surface area contributed by atoms with Crippen LogP contribution in [0.3, 0.4) is 0 Å². The summed E-state index contributed by atoms with van der Waals surface area (Å²) >= 11 is 0. The van der Waals surface area contributed by atoms with Gasteiger partial charge < -0.3 is 25.0 Å². The van der Waals surface area contributed by atoms with Gasteiger partial charge in [-0.3, -0.25) is 4.90 Å². The first-order valence-electron chi connectivity index (χ1n) is 8.96. The molecule has 2 N–H and O–H groups in total. The van der Waals surface area contributed by atoms with Gasteiger partial charge in [-0.2, -0.15) is 0 Å². The fourth-order valence-electron chi connectivity index (χ4n) is 3.46. The number of piperazine rings is 1. The van der Waals surface area contributed by atoms with E-state index < -0.39 is 12.0 Å². The Kier molecular flexibility index (Phi) is 5.98. The Morgan fingerprint density at radius 1 is 1.19 bits per heavy atom. The van der Waals surface area contributed by atoms with Gasteiger partial charge in [0.15, 0.2) is 0 Å². The number of nitrogens with one attached hydrogen (secondary N) is 2. The summed E-state index contributed by atoms with van der Waals surface area (Å²) in [7, 11) is 4.99. The third-order valence-electron chi connectivity index (χ3n) is 4.99. The van der Waals surface area contributed by atoms with Crippen LogP contribution in [0.1, 0.15) is 11.6 Å². The number of ether oxygens (including phenoxy) is 2. The lowest BCUT2D eigenvalue weighted by Crippen LogP contribution is -2.51. The van der Waals surface area contributed by atoms with E-state index in [1.807, 2.05) is 18.2 Å². The molecular weight excluding hydrogens is 348 g/mol. The zero-order chi connectivity index (χ0) is 19.4. The molecule has 0 spiro atoms. The molecule has 8 heteroatoms. The van der Waals surface area contributed by atoms with Crippen LogP contribution in [0.25, 0.3) is 0 Å². The predicted molar refractivity (Wildman–Crippen MR) is 100 cm³/mol. The Morgan fingerprint density at radius 2 is 1.89 bits per heavy atom. The van der Waals surface area contributed by atoms with Crippen LogP contribution >= 0.6 is 0 Å². The maximum atomic E-state index is 12.6. The molecule has 2 amide bonds. The van der Waals surface area contributed by atoms with Crippen LogP contribution < -0.4 is 15.4 Å². The molecule has 0 bridgehead atoms. The molecule has 1 saturated heterocycles. The Hall–Kier alpha value is -2.58. The van der Waals surface area contributed by atoms with Crippen molar-refractivity contribution in [3.05, 3.63) is 41.1 Å². The van der Waals surface area contributed by atoms with Gasteiger partial charge in [0, 0.05) is 44.0 Å². The molecule has 2 aliphatic heterocycles. The van der Waals surface area contributed by atoms with Crippen molar-refractivity contribution in [3.8, 4) is 5.75 Å². The lowest BCUT2D eigenvalue weighted by molar-refractivity contribution is -0.136. The van der Waals surface area contributed by atoms with Gasteiger partial charge in [-0.05, 0) is 13.1 Å². The fourth-order valence-corrected chi connectivity index (χ4v) is 3.46. The van der Waals surface area contributed by atoms with Crippen molar-refractivity contribution in [2.75, 3.05) is 54.0 Å². The first-order valence-corrected chi connectivity index (χ1v) is 8.96. The van der Waals surface area contributed by atoms with Crippen molar-refractivity contribution in [1.29, 1.82) is 0 Å². The molecule has 146 valence electrons. The monoisotopic (exact) mass is 374 g/mol. The lowest BCUT2D eigenvalue weighted by atomic mass is 9.94. The predicted octanol–water partition coefficient (Wildman–Crippen LogP) is 0.724.